The predicted octanol–water partition coefficient (Wildman–Crippen LogP) is 2.63. The van der Waals surface area contributed by atoms with E-state index in [1.165, 1.54) is 11.8 Å². The number of hydrogen-bond donors (Lipinski definition) is 0. The highest BCUT2D eigenvalue weighted by Crippen LogP contribution is 2.34. The van der Waals surface area contributed by atoms with Crippen LogP contribution < -0.4 is 9.47 Å². The molecule has 6 heteroatoms. The van der Waals surface area contributed by atoms with Crippen LogP contribution in [0.2, 0.25) is 0 Å². The molecular formula is C13H15NO3S2. The lowest BCUT2D eigenvalue weighted by Crippen LogP contribution is -2.31. The van der Waals surface area contributed by atoms with Gasteiger partial charge >= 0.3 is 0 Å². The van der Waals surface area contributed by atoms with Gasteiger partial charge in [0, 0.05) is 0 Å². The fraction of sp³-hybridized carbons (Fsp3) is 0.385. The van der Waals surface area contributed by atoms with E-state index >= 15 is 0 Å². The molecule has 1 saturated heterocycles. The lowest BCUT2D eigenvalue weighted by molar-refractivity contribution is -0.125. The normalized spacial score (nSPS) is 16.7. The van der Waals surface area contributed by atoms with Crippen molar-refractivity contribution in [2.75, 3.05) is 20.0 Å². The molecule has 1 aromatic rings. The molecule has 1 aromatic carbocycles. The number of ether oxygens (including phenoxy) is 2. The summed E-state index contributed by atoms with van der Waals surface area (Å²) in [5.74, 6) is 1.80. The fourth-order valence-electron chi connectivity index (χ4n) is 2.00. The number of benzene rings is 1. The minimum absolute atomic E-state index is 0.0530. The van der Waals surface area contributed by atoms with E-state index in [1.54, 1.807) is 19.1 Å². The van der Waals surface area contributed by atoms with Crippen LogP contribution in [0, 0.1) is 0 Å². The molecule has 1 amide bonds. The van der Waals surface area contributed by atoms with E-state index in [0.717, 1.165) is 5.56 Å². The third kappa shape index (κ3) is 2.69. The maximum atomic E-state index is 11.8. The lowest BCUT2D eigenvalue weighted by Gasteiger charge is -2.24. The summed E-state index contributed by atoms with van der Waals surface area (Å²) in [6.07, 6.45) is 0. The molecule has 4 nitrogen and oxygen atoms in total. The third-order valence-corrected chi connectivity index (χ3v) is 4.45. The second-order valence-corrected chi connectivity index (χ2v) is 5.72. The molecule has 0 bridgehead atoms. The van der Waals surface area contributed by atoms with E-state index in [0.29, 0.717) is 21.6 Å². The number of carbonyl (C=O) groups excluding carboxylic acids is 1. The number of hydrogen-bond acceptors (Lipinski definition) is 5. The smallest absolute Gasteiger partial charge is 0.239 e. The Balaban J connectivity index is 2.31. The van der Waals surface area contributed by atoms with Gasteiger partial charge in [0.25, 0.3) is 0 Å². The fourth-order valence-corrected chi connectivity index (χ4v) is 3.22. The maximum absolute atomic E-state index is 11.8. The first-order valence-electron chi connectivity index (χ1n) is 5.79. The van der Waals surface area contributed by atoms with Gasteiger partial charge in [0.15, 0.2) is 11.5 Å². The summed E-state index contributed by atoms with van der Waals surface area (Å²) < 4.78 is 11.1. The van der Waals surface area contributed by atoms with Crippen molar-refractivity contribution < 1.29 is 14.3 Å². The SMILES string of the molecule is COc1ccc(C(C)N2C(=O)CSC2=S)cc1OC. The van der Waals surface area contributed by atoms with Gasteiger partial charge in [0.1, 0.15) is 4.32 Å². The average molecular weight is 297 g/mol. The van der Waals surface area contributed by atoms with Crippen molar-refractivity contribution in [1.29, 1.82) is 0 Å². The summed E-state index contributed by atoms with van der Waals surface area (Å²) in [5.41, 5.74) is 0.968. The summed E-state index contributed by atoms with van der Waals surface area (Å²) in [6, 6.07) is 5.53. The number of amides is 1. The van der Waals surface area contributed by atoms with Crippen molar-refractivity contribution in [2.24, 2.45) is 0 Å². The molecule has 102 valence electrons. The lowest BCUT2D eigenvalue weighted by atomic mass is 10.1. The highest BCUT2D eigenvalue weighted by Gasteiger charge is 2.31. The van der Waals surface area contributed by atoms with Gasteiger partial charge in [0.05, 0.1) is 26.0 Å². The van der Waals surface area contributed by atoms with Crippen molar-refractivity contribution >= 4 is 34.2 Å². The minimum Gasteiger partial charge on any atom is -0.493 e. The Morgan fingerprint density at radius 3 is 2.53 bits per heavy atom. The number of thiocarbonyl (C=S) groups is 1. The first-order valence-corrected chi connectivity index (χ1v) is 7.18. The van der Waals surface area contributed by atoms with E-state index in [2.05, 4.69) is 0 Å². The van der Waals surface area contributed by atoms with E-state index in [9.17, 15) is 4.79 Å². The summed E-state index contributed by atoms with van der Waals surface area (Å²) in [6.45, 7) is 1.96. The first-order chi connectivity index (χ1) is 9.08. The number of rotatable bonds is 4. The molecule has 0 spiro atoms. The Hall–Kier alpha value is -1.27. The highest BCUT2D eigenvalue weighted by molar-refractivity contribution is 8.23. The van der Waals surface area contributed by atoms with Crippen LogP contribution in [0.5, 0.6) is 11.5 Å². The summed E-state index contributed by atoms with van der Waals surface area (Å²) >= 11 is 6.62. The molecule has 0 aromatic heterocycles. The van der Waals surface area contributed by atoms with Crippen molar-refractivity contribution in [3.63, 3.8) is 0 Å². The van der Waals surface area contributed by atoms with Gasteiger partial charge < -0.3 is 9.47 Å². The van der Waals surface area contributed by atoms with Crippen LogP contribution in [-0.2, 0) is 4.79 Å². The highest BCUT2D eigenvalue weighted by atomic mass is 32.2. The maximum Gasteiger partial charge on any atom is 0.239 e. The average Bonchev–Trinajstić information content (AvgIpc) is 2.76. The molecule has 0 saturated carbocycles. The van der Waals surface area contributed by atoms with Crippen molar-refractivity contribution in [1.82, 2.24) is 4.90 Å². The molecule has 0 radical (unpaired) electrons. The Bertz CT molecular complexity index is 503. The summed E-state index contributed by atoms with van der Waals surface area (Å²) in [4.78, 5) is 13.5. The standard InChI is InChI=1S/C13H15NO3S2/c1-8(14-12(15)7-19-13(14)18)9-4-5-10(16-2)11(6-9)17-3/h4-6,8H,7H2,1-3H3. The second-order valence-electron chi connectivity index (χ2n) is 4.11. The molecule has 1 fully saturated rings. The van der Waals surface area contributed by atoms with E-state index in [4.69, 9.17) is 21.7 Å². The van der Waals surface area contributed by atoms with E-state index in [-0.39, 0.29) is 11.9 Å². The molecule has 1 aliphatic heterocycles. The van der Waals surface area contributed by atoms with Crippen LogP contribution in [0.3, 0.4) is 0 Å². The van der Waals surface area contributed by atoms with Crippen molar-refractivity contribution in [3.05, 3.63) is 23.8 Å². The zero-order valence-electron chi connectivity index (χ0n) is 11.0. The zero-order valence-corrected chi connectivity index (χ0v) is 12.6. The third-order valence-electron chi connectivity index (χ3n) is 3.06. The minimum atomic E-state index is -0.102. The molecule has 19 heavy (non-hydrogen) atoms. The predicted molar refractivity (Wildman–Crippen MR) is 79.9 cm³/mol. The van der Waals surface area contributed by atoms with Gasteiger partial charge in [-0.1, -0.05) is 30.0 Å². The van der Waals surface area contributed by atoms with Crippen molar-refractivity contribution in [3.8, 4) is 11.5 Å². The molecule has 1 unspecified atom stereocenters. The zero-order chi connectivity index (χ0) is 14.0. The number of carbonyl (C=O) groups is 1. The van der Waals surface area contributed by atoms with Gasteiger partial charge in [-0.2, -0.15) is 0 Å². The second kappa shape index (κ2) is 5.79. The van der Waals surface area contributed by atoms with Gasteiger partial charge in [-0.3, -0.25) is 9.69 Å². The topological polar surface area (TPSA) is 38.8 Å². The van der Waals surface area contributed by atoms with E-state index < -0.39 is 0 Å². The Kier molecular flexibility index (Phi) is 4.31. The Labute approximate surface area is 122 Å². The number of nitrogens with zero attached hydrogens (tertiary/aromatic N) is 1. The molecule has 1 heterocycles. The van der Waals surface area contributed by atoms with Crippen LogP contribution in [0.25, 0.3) is 0 Å². The van der Waals surface area contributed by atoms with Gasteiger partial charge in [0.2, 0.25) is 5.91 Å². The van der Waals surface area contributed by atoms with Gasteiger partial charge in [-0.25, -0.2) is 0 Å². The Morgan fingerprint density at radius 1 is 1.32 bits per heavy atom. The molecule has 0 N–H and O–H groups in total. The summed E-state index contributed by atoms with van der Waals surface area (Å²) in [7, 11) is 3.19. The largest absolute Gasteiger partial charge is 0.493 e. The summed E-state index contributed by atoms with van der Waals surface area (Å²) in [5, 5.41) is 0. The molecule has 1 atom stereocenters. The van der Waals surface area contributed by atoms with E-state index in [1.807, 2.05) is 25.1 Å². The van der Waals surface area contributed by atoms with Crippen LogP contribution in [0.15, 0.2) is 18.2 Å². The van der Waals surface area contributed by atoms with Crippen LogP contribution in [0.1, 0.15) is 18.5 Å². The van der Waals surface area contributed by atoms with Crippen LogP contribution in [-0.4, -0.2) is 35.1 Å². The number of thioether (sulfide) groups is 1. The molecule has 2 rings (SSSR count). The number of methoxy groups -OCH3 is 2. The molecular weight excluding hydrogens is 282 g/mol. The quantitative estimate of drug-likeness (QED) is 0.799. The van der Waals surface area contributed by atoms with Gasteiger partial charge in [-0.15, -0.1) is 0 Å². The van der Waals surface area contributed by atoms with Crippen LogP contribution >= 0.6 is 24.0 Å². The van der Waals surface area contributed by atoms with Crippen molar-refractivity contribution in [2.45, 2.75) is 13.0 Å². The van der Waals surface area contributed by atoms with Crippen LogP contribution in [0.4, 0.5) is 0 Å². The molecule has 1 aliphatic rings. The first kappa shape index (κ1) is 14.1. The molecule has 0 aliphatic carbocycles. The Morgan fingerprint density at radius 2 is 2.00 bits per heavy atom. The van der Waals surface area contributed by atoms with Gasteiger partial charge in [-0.05, 0) is 24.6 Å². The monoisotopic (exact) mass is 297 g/mol.